The zero-order chi connectivity index (χ0) is 26.6. The number of fused-ring (bicyclic) bond motifs is 1. The number of para-hydroxylation sites is 1. The number of carbonyl (C=O) groups excluding carboxylic acids is 4. The fourth-order valence-electron chi connectivity index (χ4n) is 4.65. The zero-order valence-corrected chi connectivity index (χ0v) is 20.8. The van der Waals surface area contributed by atoms with Gasteiger partial charge in [-0.25, -0.2) is 4.79 Å². The van der Waals surface area contributed by atoms with Gasteiger partial charge in [-0.05, 0) is 36.8 Å². The fourth-order valence-corrected chi connectivity index (χ4v) is 4.65. The highest BCUT2D eigenvalue weighted by Crippen LogP contribution is 2.34. The second kappa shape index (κ2) is 10.8. The number of nitrogens with one attached hydrogen (secondary N) is 1. The van der Waals surface area contributed by atoms with Crippen LogP contribution < -0.4 is 10.1 Å². The van der Waals surface area contributed by atoms with Crippen LogP contribution in [0.4, 0.5) is 0 Å². The Morgan fingerprint density at radius 3 is 2.26 bits per heavy atom. The summed E-state index contributed by atoms with van der Waals surface area (Å²) in [6.07, 6.45) is -1.22. The average Bonchev–Trinajstić information content (AvgIpc) is 3.31. The van der Waals surface area contributed by atoms with Crippen LogP contribution in [0.5, 0.6) is 5.75 Å². The first-order chi connectivity index (χ1) is 18.4. The number of amides is 3. The summed E-state index contributed by atoms with van der Waals surface area (Å²) in [4.78, 5) is 55.0. The molecular weight excluding hydrogens is 486 g/mol. The second-order valence-corrected chi connectivity index (χ2v) is 9.25. The van der Waals surface area contributed by atoms with Crippen molar-refractivity contribution in [2.24, 2.45) is 0 Å². The lowest BCUT2D eigenvalue weighted by atomic mass is 9.96. The summed E-state index contributed by atoms with van der Waals surface area (Å²) in [5.41, 5.74) is 2.16. The van der Waals surface area contributed by atoms with E-state index in [9.17, 15) is 19.2 Å². The Balaban J connectivity index is 1.30. The molecular formula is C29H27N3O6. The van der Waals surface area contributed by atoms with Crippen molar-refractivity contribution < 1.29 is 28.7 Å². The number of rotatable bonds is 8. The lowest BCUT2D eigenvalue weighted by Crippen LogP contribution is -2.71. The Kier molecular flexibility index (Phi) is 7.08. The van der Waals surface area contributed by atoms with E-state index < -0.39 is 41.9 Å². The molecule has 9 nitrogen and oxygen atoms in total. The van der Waals surface area contributed by atoms with Gasteiger partial charge in [0.05, 0.1) is 6.04 Å². The van der Waals surface area contributed by atoms with Crippen LogP contribution >= 0.6 is 0 Å². The minimum Gasteiger partial charge on any atom is -0.484 e. The molecule has 2 aliphatic heterocycles. The number of nitrogens with zero attached hydrogens (tertiary/aromatic N) is 2. The molecule has 3 atom stereocenters. The van der Waals surface area contributed by atoms with Gasteiger partial charge >= 0.3 is 5.97 Å². The minimum atomic E-state index is -1.22. The fraction of sp³-hybridized carbons (Fsp3) is 0.241. The molecule has 2 aliphatic rings. The van der Waals surface area contributed by atoms with Crippen molar-refractivity contribution in [1.29, 1.82) is 0 Å². The van der Waals surface area contributed by atoms with Crippen molar-refractivity contribution in [3.8, 4) is 5.75 Å². The Morgan fingerprint density at radius 2 is 1.58 bits per heavy atom. The highest BCUT2D eigenvalue weighted by molar-refractivity contribution is 6.02. The predicted molar refractivity (Wildman–Crippen MR) is 137 cm³/mol. The SMILES string of the molecule is Cc1ccc(C(=O)N2CC3[C@H](NC(=O)COc4ccccc4)C(=O)N3C2C(=O)OCc2ccccc2)cc1. The topological polar surface area (TPSA) is 105 Å². The number of carbonyl (C=O) groups is 4. The molecule has 3 aromatic rings. The number of esters is 1. The van der Waals surface area contributed by atoms with Gasteiger partial charge in [-0.1, -0.05) is 66.2 Å². The molecule has 9 heteroatoms. The molecule has 0 bridgehead atoms. The van der Waals surface area contributed by atoms with Gasteiger partial charge in [0.15, 0.2) is 6.61 Å². The first-order valence-electron chi connectivity index (χ1n) is 12.3. The number of hydrogen-bond acceptors (Lipinski definition) is 6. The van der Waals surface area contributed by atoms with Gasteiger partial charge < -0.3 is 24.6 Å². The van der Waals surface area contributed by atoms with Gasteiger partial charge in [0.2, 0.25) is 12.1 Å². The van der Waals surface area contributed by atoms with Crippen molar-refractivity contribution in [3.63, 3.8) is 0 Å². The highest BCUT2D eigenvalue weighted by Gasteiger charge is 2.61. The van der Waals surface area contributed by atoms with E-state index in [1.807, 2.05) is 55.5 Å². The van der Waals surface area contributed by atoms with Crippen molar-refractivity contribution in [2.45, 2.75) is 31.8 Å². The normalized spacial score (nSPS) is 19.8. The lowest BCUT2D eigenvalue weighted by molar-refractivity contribution is -0.167. The maximum Gasteiger partial charge on any atom is 0.350 e. The Bertz CT molecular complexity index is 1330. The molecule has 1 N–H and O–H groups in total. The van der Waals surface area contributed by atoms with E-state index in [4.69, 9.17) is 9.47 Å². The molecule has 0 aliphatic carbocycles. The summed E-state index contributed by atoms with van der Waals surface area (Å²) in [6.45, 7) is 1.72. The Labute approximate surface area is 219 Å². The smallest absolute Gasteiger partial charge is 0.350 e. The number of aryl methyl sites for hydroxylation is 1. The van der Waals surface area contributed by atoms with Gasteiger partial charge in [-0.3, -0.25) is 14.4 Å². The third-order valence-electron chi connectivity index (χ3n) is 6.63. The monoisotopic (exact) mass is 513 g/mol. The van der Waals surface area contributed by atoms with Gasteiger partial charge in [0.25, 0.3) is 11.8 Å². The maximum absolute atomic E-state index is 13.4. The zero-order valence-electron chi connectivity index (χ0n) is 20.8. The molecule has 3 amide bonds. The third kappa shape index (κ3) is 5.08. The van der Waals surface area contributed by atoms with E-state index in [1.54, 1.807) is 36.4 Å². The number of β-lactam (4-membered cyclic amide) rings is 1. The van der Waals surface area contributed by atoms with Crippen LogP contribution in [0.15, 0.2) is 84.9 Å². The summed E-state index contributed by atoms with van der Waals surface area (Å²) in [7, 11) is 0. The van der Waals surface area contributed by atoms with E-state index >= 15 is 0 Å². The molecule has 5 rings (SSSR count). The second-order valence-electron chi connectivity index (χ2n) is 9.25. The van der Waals surface area contributed by atoms with E-state index in [2.05, 4.69) is 5.32 Å². The molecule has 3 aromatic carbocycles. The third-order valence-corrected chi connectivity index (χ3v) is 6.63. The van der Waals surface area contributed by atoms with Crippen molar-refractivity contribution in [3.05, 3.63) is 102 Å². The number of hydrogen-bond donors (Lipinski definition) is 1. The van der Waals surface area contributed by atoms with Gasteiger partial charge in [0, 0.05) is 12.1 Å². The predicted octanol–water partition coefficient (Wildman–Crippen LogP) is 2.29. The summed E-state index contributed by atoms with van der Waals surface area (Å²) < 4.78 is 11.0. The number of benzene rings is 3. The molecule has 2 saturated heterocycles. The van der Waals surface area contributed by atoms with Gasteiger partial charge in [-0.2, -0.15) is 0 Å². The minimum absolute atomic E-state index is 0.00637. The quantitative estimate of drug-likeness (QED) is 0.366. The maximum atomic E-state index is 13.4. The standard InChI is InChI=1S/C29H27N3O6/c1-19-12-14-21(15-13-19)27(34)31-16-23-25(30-24(33)18-37-22-10-6-3-7-11-22)28(35)32(23)26(31)29(36)38-17-20-8-4-2-5-9-20/h2-15,23,25-26H,16-18H2,1H3,(H,30,33)/t23?,25-,26?/m0/s1. The molecule has 194 valence electrons. The molecule has 2 unspecified atom stereocenters. The van der Waals surface area contributed by atoms with Crippen LogP contribution in [0, 0.1) is 6.92 Å². The van der Waals surface area contributed by atoms with E-state index in [0.717, 1.165) is 11.1 Å². The van der Waals surface area contributed by atoms with E-state index in [0.29, 0.717) is 11.3 Å². The largest absolute Gasteiger partial charge is 0.484 e. The lowest BCUT2D eigenvalue weighted by Gasteiger charge is -2.43. The summed E-state index contributed by atoms with van der Waals surface area (Å²) in [6, 6.07) is 23.5. The molecule has 0 spiro atoms. The first-order valence-corrected chi connectivity index (χ1v) is 12.3. The molecule has 2 fully saturated rings. The van der Waals surface area contributed by atoms with Crippen molar-refractivity contribution >= 4 is 23.7 Å². The molecule has 2 heterocycles. The van der Waals surface area contributed by atoms with Crippen LogP contribution in [-0.2, 0) is 25.7 Å². The molecule has 0 saturated carbocycles. The first kappa shape index (κ1) is 25.0. The Morgan fingerprint density at radius 1 is 0.921 bits per heavy atom. The van der Waals surface area contributed by atoms with Crippen LogP contribution in [0.2, 0.25) is 0 Å². The van der Waals surface area contributed by atoms with Crippen LogP contribution in [-0.4, -0.2) is 64.9 Å². The molecule has 38 heavy (non-hydrogen) atoms. The van der Waals surface area contributed by atoms with Gasteiger partial charge in [-0.15, -0.1) is 0 Å². The van der Waals surface area contributed by atoms with Crippen LogP contribution in [0.25, 0.3) is 0 Å². The molecule has 0 radical (unpaired) electrons. The summed E-state index contributed by atoms with van der Waals surface area (Å²) in [5.74, 6) is -1.50. The van der Waals surface area contributed by atoms with Crippen molar-refractivity contribution in [2.75, 3.05) is 13.2 Å². The van der Waals surface area contributed by atoms with E-state index in [-0.39, 0.29) is 19.8 Å². The molecule has 0 aromatic heterocycles. The van der Waals surface area contributed by atoms with Gasteiger partial charge in [0.1, 0.15) is 18.4 Å². The van der Waals surface area contributed by atoms with E-state index in [1.165, 1.54) is 9.80 Å². The summed E-state index contributed by atoms with van der Waals surface area (Å²) >= 11 is 0. The Hall–Kier alpha value is -4.66. The van der Waals surface area contributed by atoms with Crippen LogP contribution in [0.1, 0.15) is 21.5 Å². The van der Waals surface area contributed by atoms with Crippen molar-refractivity contribution in [1.82, 2.24) is 15.1 Å². The summed E-state index contributed by atoms with van der Waals surface area (Å²) in [5, 5.41) is 2.69. The highest BCUT2D eigenvalue weighted by atomic mass is 16.5. The van der Waals surface area contributed by atoms with Crippen LogP contribution in [0.3, 0.4) is 0 Å². The average molecular weight is 514 g/mol. The number of ether oxygens (including phenoxy) is 2.